The number of fused-ring (bicyclic) bond motifs is 1. The molecule has 5 N–H and O–H groups in total. The van der Waals surface area contributed by atoms with Crippen LogP contribution in [-0.2, 0) is 14.1 Å². The number of halogens is 1. The Kier molecular flexibility index (Phi) is 13.7. The Hall–Kier alpha value is -1.65. The van der Waals surface area contributed by atoms with Crippen LogP contribution in [0.5, 0.6) is 0 Å². The van der Waals surface area contributed by atoms with Crippen LogP contribution in [0.1, 0.15) is 65.7 Å². The van der Waals surface area contributed by atoms with Crippen molar-refractivity contribution >= 4 is 60.5 Å². The SMILES string of the molecule is CCC(CC)CCCC(C)N(C(=O)OCCCC(=O)NC(P(O)O)P(=O)(O)O)c1ccnc2cc(Br)ccc12. The zero-order chi connectivity index (χ0) is 29.2. The Morgan fingerprint density at radius 2 is 1.85 bits per heavy atom. The van der Waals surface area contributed by atoms with E-state index in [1.165, 1.54) is 0 Å². The number of hydrogen-bond donors (Lipinski definition) is 5. The molecule has 0 aliphatic carbocycles. The van der Waals surface area contributed by atoms with Crippen LogP contribution in [0, 0.1) is 5.92 Å². The van der Waals surface area contributed by atoms with Crippen molar-refractivity contribution in [3.8, 4) is 0 Å². The third-order valence-electron chi connectivity index (χ3n) is 6.57. The summed E-state index contributed by atoms with van der Waals surface area (Å²) < 4.78 is 17.7. The zero-order valence-corrected chi connectivity index (χ0v) is 25.7. The quantitative estimate of drug-likeness (QED) is 0.122. The topological polar surface area (TPSA) is 170 Å². The lowest BCUT2D eigenvalue weighted by Crippen LogP contribution is -2.39. The fourth-order valence-electron chi connectivity index (χ4n) is 4.31. The molecule has 14 heteroatoms. The molecule has 0 fully saturated rings. The van der Waals surface area contributed by atoms with E-state index in [9.17, 15) is 33.7 Å². The van der Waals surface area contributed by atoms with Crippen molar-refractivity contribution in [2.24, 2.45) is 5.92 Å². The fraction of sp³-hybridized carbons (Fsp3) is 0.560. The highest BCUT2D eigenvalue weighted by Crippen LogP contribution is 2.53. The molecule has 1 heterocycles. The first-order chi connectivity index (χ1) is 18.4. The maximum Gasteiger partial charge on any atom is 0.414 e. The standard InChI is InChI=1S/C25H38BrN3O8P2/c1-4-18(5-2)9-6-8-17(3)29(22-13-14-27-21-16-19(26)11-12-20(21)22)25(31)37-15-7-10-23(30)28-24(38(32)33)39(34,35)36/h11-14,16-18,24,32-33H,4-10,15H2,1-3H3,(H,28,30)(H2,34,35,36). The maximum absolute atomic E-state index is 13.4. The molecule has 2 unspecified atom stereocenters. The van der Waals surface area contributed by atoms with Gasteiger partial charge in [0.25, 0.3) is 0 Å². The van der Waals surface area contributed by atoms with Gasteiger partial charge in [0.1, 0.15) is 0 Å². The molecule has 11 nitrogen and oxygen atoms in total. The first kappa shape index (κ1) is 33.6. The van der Waals surface area contributed by atoms with Crippen LogP contribution in [0.4, 0.5) is 10.5 Å². The lowest BCUT2D eigenvalue weighted by atomic mass is 9.95. The summed E-state index contributed by atoms with van der Waals surface area (Å²) in [5, 5.41) is 2.73. The highest BCUT2D eigenvalue weighted by molar-refractivity contribution is 9.10. The number of nitrogens with zero attached hydrogens (tertiary/aromatic N) is 2. The Balaban J connectivity index is 2.11. The number of anilines is 1. The van der Waals surface area contributed by atoms with Gasteiger partial charge in [0.15, 0.2) is 0 Å². The Bertz CT molecular complexity index is 1150. The van der Waals surface area contributed by atoms with Crippen LogP contribution in [-0.4, -0.2) is 54.7 Å². The van der Waals surface area contributed by atoms with Gasteiger partial charge >= 0.3 is 13.7 Å². The number of ether oxygens (including phenoxy) is 1. The van der Waals surface area contributed by atoms with Crippen LogP contribution in [0.3, 0.4) is 0 Å². The number of amides is 2. The molecule has 0 aliphatic rings. The molecule has 39 heavy (non-hydrogen) atoms. The van der Waals surface area contributed by atoms with Crippen molar-refractivity contribution in [2.45, 2.75) is 77.3 Å². The first-order valence-corrected chi connectivity index (χ1v) is 16.7. The summed E-state index contributed by atoms with van der Waals surface area (Å²) in [6, 6.07) is 7.23. The van der Waals surface area contributed by atoms with Crippen molar-refractivity contribution < 1.29 is 38.5 Å². The summed E-state index contributed by atoms with van der Waals surface area (Å²) in [7, 11) is -8.02. The van der Waals surface area contributed by atoms with Gasteiger partial charge < -0.3 is 29.6 Å². The van der Waals surface area contributed by atoms with E-state index in [-0.39, 0.29) is 25.5 Å². The van der Waals surface area contributed by atoms with Crippen LogP contribution >= 0.6 is 31.9 Å². The van der Waals surface area contributed by atoms with Crippen molar-refractivity contribution in [1.29, 1.82) is 0 Å². The summed E-state index contributed by atoms with van der Waals surface area (Å²) in [5.74, 6) is -0.159. The summed E-state index contributed by atoms with van der Waals surface area (Å²) in [4.78, 5) is 68.2. The van der Waals surface area contributed by atoms with Crippen LogP contribution in [0.15, 0.2) is 34.9 Å². The number of pyridine rings is 1. The molecule has 2 rings (SSSR count). The van der Waals surface area contributed by atoms with Gasteiger partial charge in [0.05, 0.1) is 17.8 Å². The van der Waals surface area contributed by atoms with Gasteiger partial charge in [-0.1, -0.05) is 55.5 Å². The van der Waals surface area contributed by atoms with Gasteiger partial charge in [0, 0.05) is 28.5 Å². The van der Waals surface area contributed by atoms with E-state index in [2.05, 4.69) is 34.8 Å². The second-order valence-corrected chi connectivity index (χ2v) is 13.6. The minimum Gasteiger partial charge on any atom is -0.449 e. The molecule has 2 amide bonds. The lowest BCUT2D eigenvalue weighted by molar-refractivity contribution is -0.121. The smallest absolute Gasteiger partial charge is 0.414 e. The minimum atomic E-state index is -4.95. The van der Waals surface area contributed by atoms with Crippen LogP contribution in [0.2, 0.25) is 0 Å². The molecule has 0 saturated heterocycles. The van der Waals surface area contributed by atoms with Gasteiger partial charge in [-0.05, 0) is 49.9 Å². The van der Waals surface area contributed by atoms with Gasteiger partial charge in [-0.25, -0.2) is 4.79 Å². The van der Waals surface area contributed by atoms with E-state index in [0.717, 1.165) is 42.0 Å². The Morgan fingerprint density at radius 1 is 1.15 bits per heavy atom. The van der Waals surface area contributed by atoms with Crippen molar-refractivity contribution in [3.63, 3.8) is 0 Å². The molecule has 0 radical (unpaired) electrons. The largest absolute Gasteiger partial charge is 0.449 e. The average molecular weight is 650 g/mol. The van der Waals surface area contributed by atoms with Crippen molar-refractivity contribution in [1.82, 2.24) is 10.3 Å². The average Bonchev–Trinajstić information content (AvgIpc) is 2.87. The summed E-state index contributed by atoms with van der Waals surface area (Å²) in [6.07, 6.45) is 5.91. The Morgan fingerprint density at radius 3 is 2.46 bits per heavy atom. The molecule has 0 spiro atoms. The van der Waals surface area contributed by atoms with E-state index in [4.69, 9.17) is 4.74 Å². The number of nitrogens with one attached hydrogen (secondary N) is 1. The first-order valence-electron chi connectivity index (χ1n) is 12.9. The van der Waals surface area contributed by atoms with E-state index in [1.54, 1.807) is 17.2 Å². The molecule has 0 bridgehead atoms. The van der Waals surface area contributed by atoms with Crippen LogP contribution < -0.4 is 10.2 Å². The second kappa shape index (κ2) is 16.0. The number of carbonyl (C=O) groups is 2. The van der Waals surface area contributed by atoms with Gasteiger partial charge in [-0.2, -0.15) is 0 Å². The van der Waals surface area contributed by atoms with E-state index < -0.39 is 33.5 Å². The molecule has 1 aromatic carbocycles. The van der Waals surface area contributed by atoms with Crippen molar-refractivity contribution in [3.05, 3.63) is 34.9 Å². The summed E-state index contributed by atoms with van der Waals surface area (Å²) >= 11 is 3.45. The van der Waals surface area contributed by atoms with E-state index in [0.29, 0.717) is 17.1 Å². The highest BCUT2D eigenvalue weighted by Gasteiger charge is 2.37. The third-order valence-corrected chi connectivity index (χ3v) is 9.92. The molecule has 0 aliphatic heterocycles. The number of hydrogen-bond acceptors (Lipinski definition) is 7. The molecular weight excluding hydrogens is 612 g/mol. The molecule has 2 aromatic rings. The summed E-state index contributed by atoms with van der Waals surface area (Å²) in [6.45, 7) is 6.21. The number of aromatic nitrogens is 1. The van der Waals surface area contributed by atoms with Crippen molar-refractivity contribution in [2.75, 3.05) is 11.5 Å². The summed E-state index contributed by atoms with van der Waals surface area (Å²) in [5.41, 5.74) is -0.694. The van der Waals surface area contributed by atoms with Crippen LogP contribution in [0.25, 0.3) is 10.9 Å². The second-order valence-electron chi connectivity index (χ2n) is 9.39. The number of carbonyl (C=O) groups excluding carboxylic acids is 2. The number of benzene rings is 1. The van der Waals surface area contributed by atoms with Gasteiger partial charge in [0.2, 0.25) is 19.8 Å². The number of rotatable bonds is 15. The zero-order valence-electron chi connectivity index (χ0n) is 22.4. The predicted molar refractivity (Wildman–Crippen MR) is 155 cm³/mol. The molecule has 2 atom stereocenters. The normalized spacial score (nSPS) is 13.5. The van der Waals surface area contributed by atoms with Gasteiger partial charge in [-0.3, -0.25) is 19.2 Å². The highest BCUT2D eigenvalue weighted by atomic mass is 79.9. The fourth-order valence-corrected chi connectivity index (χ4v) is 6.31. The predicted octanol–water partition coefficient (Wildman–Crippen LogP) is 5.59. The third kappa shape index (κ3) is 10.4. The van der Waals surface area contributed by atoms with Gasteiger partial charge in [-0.15, -0.1) is 0 Å². The Labute approximate surface area is 238 Å². The molecule has 218 valence electrons. The maximum atomic E-state index is 13.4. The minimum absolute atomic E-state index is 0.0706. The molecular formula is C25H38BrN3O8P2. The van der Waals surface area contributed by atoms with E-state index in [1.807, 2.05) is 30.4 Å². The monoisotopic (exact) mass is 649 g/mol. The molecule has 0 saturated carbocycles. The lowest BCUT2D eigenvalue weighted by Gasteiger charge is -2.30. The van der Waals surface area contributed by atoms with E-state index >= 15 is 0 Å². The molecule has 1 aromatic heterocycles.